The molecule has 0 bridgehead atoms. The average Bonchev–Trinajstić information content (AvgIpc) is 2.77. The Morgan fingerprint density at radius 2 is 2.07 bits per heavy atom. The highest BCUT2D eigenvalue weighted by atomic mass is 16.5. The molecular formula is C12H14N2O. The van der Waals surface area contributed by atoms with Crippen LogP contribution in [0.3, 0.4) is 0 Å². The zero-order valence-electron chi connectivity index (χ0n) is 8.52. The van der Waals surface area contributed by atoms with Crippen molar-refractivity contribution in [1.29, 1.82) is 0 Å². The summed E-state index contributed by atoms with van der Waals surface area (Å²) in [5.41, 5.74) is 4.24. The lowest BCUT2D eigenvalue weighted by molar-refractivity contribution is 0.142. The zero-order valence-corrected chi connectivity index (χ0v) is 8.52. The third-order valence-corrected chi connectivity index (χ3v) is 3.07. The van der Waals surface area contributed by atoms with Crippen molar-refractivity contribution in [2.45, 2.75) is 31.4 Å². The van der Waals surface area contributed by atoms with Crippen LogP contribution in [0.25, 0.3) is 0 Å². The van der Waals surface area contributed by atoms with Gasteiger partial charge < -0.3 is 4.74 Å². The largest absolute Gasteiger partial charge is 0.471 e. The van der Waals surface area contributed by atoms with Crippen molar-refractivity contribution in [2.75, 3.05) is 0 Å². The molecule has 15 heavy (non-hydrogen) atoms. The summed E-state index contributed by atoms with van der Waals surface area (Å²) in [7, 11) is 0. The van der Waals surface area contributed by atoms with E-state index in [9.17, 15) is 0 Å². The molecule has 0 spiro atoms. The smallest absolute Gasteiger partial charge is 0.238 e. The first-order chi connectivity index (χ1) is 7.43. The first-order valence-electron chi connectivity index (χ1n) is 5.49. The predicted molar refractivity (Wildman–Crippen MR) is 58.6 cm³/mol. The molecule has 1 aromatic rings. The molecule has 0 unspecified atom stereocenters. The Morgan fingerprint density at radius 3 is 2.93 bits per heavy atom. The molecule has 1 aliphatic heterocycles. The minimum Gasteiger partial charge on any atom is -0.471 e. The molecule has 2 atom stereocenters. The molecule has 0 radical (unpaired) electrons. The highest BCUT2D eigenvalue weighted by Gasteiger charge is 2.32. The third kappa shape index (κ3) is 1.58. The van der Waals surface area contributed by atoms with Gasteiger partial charge >= 0.3 is 0 Å². The van der Waals surface area contributed by atoms with E-state index < -0.39 is 0 Å². The van der Waals surface area contributed by atoms with Crippen LogP contribution in [0.15, 0.2) is 35.4 Å². The van der Waals surface area contributed by atoms with Crippen molar-refractivity contribution in [2.24, 2.45) is 5.10 Å². The Bertz CT molecular complexity index is 374. The van der Waals surface area contributed by atoms with Gasteiger partial charge in [0.1, 0.15) is 6.10 Å². The van der Waals surface area contributed by atoms with Crippen LogP contribution in [0.2, 0.25) is 0 Å². The minimum atomic E-state index is 0.317. The molecule has 78 valence electrons. The maximum Gasteiger partial charge on any atom is 0.238 e. The van der Waals surface area contributed by atoms with Crippen LogP contribution in [0, 0.1) is 0 Å². The number of hydrazone groups is 1. The van der Waals surface area contributed by atoms with E-state index in [1.165, 1.54) is 12.8 Å². The van der Waals surface area contributed by atoms with E-state index in [1.807, 2.05) is 30.3 Å². The molecule has 3 rings (SSSR count). The summed E-state index contributed by atoms with van der Waals surface area (Å²) >= 11 is 0. The van der Waals surface area contributed by atoms with Gasteiger partial charge in [0.2, 0.25) is 5.90 Å². The van der Waals surface area contributed by atoms with E-state index >= 15 is 0 Å². The van der Waals surface area contributed by atoms with Gasteiger partial charge in [-0.1, -0.05) is 18.2 Å². The maximum atomic E-state index is 5.88. The van der Waals surface area contributed by atoms with Crippen LogP contribution in [0.4, 0.5) is 0 Å². The van der Waals surface area contributed by atoms with Crippen LogP contribution in [-0.4, -0.2) is 18.0 Å². The normalized spacial score (nSPS) is 28.7. The number of hydrogen-bond donors (Lipinski definition) is 1. The van der Waals surface area contributed by atoms with Gasteiger partial charge in [0.15, 0.2) is 0 Å². The highest BCUT2D eigenvalue weighted by molar-refractivity contribution is 5.94. The lowest BCUT2D eigenvalue weighted by Gasteiger charge is -2.26. The Balaban J connectivity index is 1.84. The molecule has 3 heteroatoms. The molecule has 1 N–H and O–H groups in total. The summed E-state index contributed by atoms with van der Waals surface area (Å²) in [5.74, 6) is 0.735. The SMILES string of the molecule is c1ccc(C2=NN[C@H]3CCC[C@H]3O2)cc1. The first kappa shape index (κ1) is 8.77. The van der Waals surface area contributed by atoms with Gasteiger partial charge in [-0.15, -0.1) is 5.10 Å². The van der Waals surface area contributed by atoms with Gasteiger partial charge in [0, 0.05) is 5.56 Å². The standard InChI is InChI=1S/C12H14N2O/c1-2-5-9(6-3-1)12-14-13-10-7-4-8-11(10)15-12/h1-3,5-6,10-11,13H,4,7-8H2/t10-,11+/m0/s1. The summed E-state index contributed by atoms with van der Waals surface area (Å²) in [5, 5.41) is 4.29. The van der Waals surface area contributed by atoms with Crippen molar-refractivity contribution in [3.05, 3.63) is 35.9 Å². The fraction of sp³-hybridized carbons (Fsp3) is 0.417. The van der Waals surface area contributed by atoms with Gasteiger partial charge in [0.25, 0.3) is 0 Å². The number of fused-ring (bicyclic) bond motifs is 1. The predicted octanol–water partition coefficient (Wildman–Crippen LogP) is 1.89. The van der Waals surface area contributed by atoms with Gasteiger partial charge in [-0.2, -0.15) is 0 Å². The summed E-state index contributed by atoms with van der Waals surface area (Å²) < 4.78 is 5.88. The monoisotopic (exact) mass is 202 g/mol. The van der Waals surface area contributed by atoms with Gasteiger partial charge in [-0.05, 0) is 31.4 Å². The highest BCUT2D eigenvalue weighted by Crippen LogP contribution is 2.25. The molecule has 2 aliphatic rings. The minimum absolute atomic E-state index is 0.317. The van der Waals surface area contributed by atoms with Crippen molar-refractivity contribution in [3.63, 3.8) is 0 Å². The summed E-state index contributed by atoms with van der Waals surface area (Å²) in [6.07, 6.45) is 3.87. The first-order valence-corrected chi connectivity index (χ1v) is 5.49. The van der Waals surface area contributed by atoms with Crippen molar-refractivity contribution in [3.8, 4) is 0 Å². The lowest BCUT2D eigenvalue weighted by Crippen LogP contribution is -2.41. The zero-order chi connectivity index (χ0) is 10.1. The molecule has 0 saturated heterocycles. The van der Waals surface area contributed by atoms with Crippen LogP contribution in [-0.2, 0) is 4.74 Å². The molecular weight excluding hydrogens is 188 g/mol. The summed E-state index contributed by atoms with van der Waals surface area (Å²) in [6, 6.07) is 10.5. The fourth-order valence-corrected chi connectivity index (χ4v) is 2.24. The van der Waals surface area contributed by atoms with E-state index in [4.69, 9.17) is 4.74 Å². The second-order valence-electron chi connectivity index (χ2n) is 4.11. The van der Waals surface area contributed by atoms with Crippen LogP contribution in [0.5, 0.6) is 0 Å². The van der Waals surface area contributed by atoms with Gasteiger partial charge in [0.05, 0.1) is 6.04 Å². The molecule has 3 nitrogen and oxygen atoms in total. The molecule has 1 heterocycles. The topological polar surface area (TPSA) is 33.6 Å². The van der Waals surface area contributed by atoms with Gasteiger partial charge in [-0.3, -0.25) is 5.43 Å². The van der Waals surface area contributed by atoms with E-state index in [0.29, 0.717) is 12.1 Å². The second kappa shape index (κ2) is 3.57. The van der Waals surface area contributed by atoms with Crippen molar-refractivity contribution in [1.82, 2.24) is 5.43 Å². The number of nitrogens with zero attached hydrogens (tertiary/aromatic N) is 1. The molecule has 1 aromatic carbocycles. The number of nitrogens with one attached hydrogen (secondary N) is 1. The quantitative estimate of drug-likeness (QED) is 0.754. The fourth-order valence-electron chi connectivity index (χ4n) is 2.24. The summed E-state index contributed by atoms with van der Waals surface area (Å²) in [4.78, 5) is 0. The van der Waals surface area contributed by atoms with E-state index in [2.05, 4.69) is 10.5 Å². The molecule has 1 aliphatic carbocycles. The average molecular weight is 202 g/mol. The molecule has 0 amide bonds. The number of ether oxygens (including phenoxy) is 1. The van der Waals surface area contributed by atoms with Crippen molar-refractivity contribution >= 4 is 5.90 Å². The lowest BCUT2D eigenvalue weighted by atomic mass is 10.2. The summed E-state index contributed by atoms with van der Waals surface area (Å²) in [6.45, 7) is 0. The van der Waals surface area contributed by atoms with Crippen LogP contribution < -0.4 is 5.43 Å². The second-order valence-corrected chi connectivity index (χ2v) is 4.11. The van der Waals surface area contributed by atoms with Gasteiger partial charge in [-0.25, -0.2) is 0 Å². The Labute approximate surface area is 89.1 Å². The molecule has 1 fully saturated rings. The Morgan fingerprint density at radius 1 is 1.20 bits per heavy atom. The van der Waals surface area contributed by atoms with Crippen LogP contribution in [0.1, 0.15) is 24.8 Å². The van der Waals surface area contributed by atoms with E-state index in [0.717, 1.165) is 17.9 Å². The molecule has 0 aromatic heterocycles. The maximum absolute atomic E-state index is 5.88. The number of benzene rings is 1. The third-order valence-electron chi connectivity index (χ3n) is 3.07. The van der Waals surface area contributed by atoms with E-state index in [1.54, 1.807) is 0 Å². The number of hydrogen-bond acceptors (Lipinski definition) is 3. The van der Waals surface area contributed by atoms with E-state index in [-0.39, 0.29) is 0 Å². The van der Waals surface area contributed by atoms with Crippen LogP contribution >= 0.6 is 0 Å². The Hall–Kier alpha value is -1.51. The number of rotatable bonds is 1. The molecule has 1 saturated carbocycles. The van der Waals surface area contributed by atoms with Crippen molar-refractivity contribution < 1.29 is 4.74 Å². The Kier molecular flexibility index (Phi) is 2.09.